The SMILES string of the molecule is CCCCCOc1ccc(C(C)O)cc1OCC. The van der Waals surface area contributed by atoms with Gasteiger partial charge in [0.2, 0.25) is 0 Å². The van der Waals surface area contributed by atoms with Crippen LogP contribution in [-0.4, -0.2) is 18.3 Å². The molecule has 0 heterocycles. The smallest absolute Gasteiger partial charge is 0.161 e. The van der Waals surface area contributed by atoms with Gasteiger partial charge in [0.15, 0.2) is 11.5 Å². The number of ether oxygens (including phenoxy) is 2. The van der Waals surface area contributed by atoms with Crippen LogP contribution >= 0.6 is 0 Å². The summed E-state index contributed by atoms with van der Waals surface area (Å²) in [7, 11) is 0. The van der Waals surface area contributed by atoms with E-state index in [2.05, 4.69) is 6.92 Å². The molecule has 102 valence electrons. The highest BCUT2D eigenvalue weighted by atomic mass is 16.5. The molecular weight excluding hydrogens is 228 g/mol. The van der Waals surface area contributed by atoms with Crippen molar-refractivity contribution in [2.45, 2.75) is 46.1 Å². The Balaban J connectivity index is 2.70. The summed E-state index contributed by atoms with van der Waals surface area (Å²) in [6.45, 7) is 7.16. The first-order valence-electron chi connectivity index (χ1n) is 6.76. The van der Waals surface area contributed by atoms with Crippen molar-refractivity contribution < 1.29 is 14.6 Å². The third-order valence-corrected chi connectivity index (χ3v) is 2.76. The van der Waals surface area contributed by atoms with Crippen molar-refractivity contribution in [2.75, 3.05) is 13.2 Å². The lowest BCUT2D eigenvalue weighted by molar-refractivity contribution is 0.198. The molecule has 0 saturated carbocycles. The second-order valence-corrected chi connectivity index (χ2v) is 4.37. The molecule has 0 aliphatic carbocycles. The molecule has 0 saturated heterocycles. The second kappa shape index (κ2) is 7.98. The minimum absolute atomic E-state index is 0.488. The number of hydrogen-bond acceptors (Lipinski definition) is 3. The van der Waals surface area contributed by atoms with Gasteiger partial charge >= 0.3 is 0 Å². The predicted molar refractivity (Wildman–Crippen MR) is 73.3 cm³/mol. The number of hydrogen-bond donors (Lipinski definition) is 1. The van der Waals surface area contributed by atoms with Crippen LogP contribution in [0.15, 0.2) is 18.2 Å². The Morgan fingerprint density at radius 1 is 1.11 bits per heavy atom. The molecule has 0 bridgehead atoms. The molecule has 3 nitrogen and oxygen atoms in total. The second-order valence-electron chi connectivity index (χ2n) is 4.37. The third-order valence-electron chi connectivity index (χ3n) is 2.76. The Morgan fingerprint density at radius 3 is 2.50 bits per heavy atom. The molecule has 0 aliphatic heterocycles. The zero-order valence-electron chi connectivity index (χ0n) is 11.6. The molecule has 1 unspecified atom stereocenters. The highest BCUT2D eigenvalue weighted by Gasteiger charge is 2.09. The average molecular weight is 252 g/mol. The van der Waals surface area contributed by atoms with Gasteiger partial charge in [0, 0.05) is 0 Å². The normalized spacial score (nSPS) is 12.2. The van der Waals surface area contributed by atoms with Crippen LogP contribution < -0.4 is 9.47 Å². The van der Waals surface area contributed by atoms with Crippen molar-refractivity contribution in [1.82, 2.24) is 0 Å². The number of benzene rings is 1. The van der Waals surface area contributed by atoms with Gasteiger partial charge in [0.05, 0.1) is 19.3 Å². The van der Waals surface area contributed by atoms with Gasteiger partial charge in [-0.25, -0.2) is 0 Å². The fourth-order valence-electron chi connectivity index (χ4n) is 1.71. The van der Waals surface area contributed by atoms with E-state index in [1.54, 1.807) is 6.92 Å². The van der Waals surface area contributed by atoms with Crippen LogP contribution in [0.2, 0.25) is 0 Å². The van der Waals surface area contributed by atoms with E-state index in [1.165, 1.54) is 12.8 Å². The summed E-state index contributed by atoms with van der Waals surface area (Å²) < 4.78 is 11.3. The van der Waals surface area contributed by atoms with Crippen molar-refractivity contribution in [1.29, 1.82) is 0 Å². The maximum absolute atomic E-state index is 9.56. The topological polar surface area (TPSA) is 38.7 Å². The highest BCUT2D eigenvalue weighted by Crippen LogP contribution is 2.30. The summed E-state index contributed by atoms with van der Waals surface area (Å²) in [6, 6.07) is 5.60. The van der Waals surface area contributed by atoms with E-state index in [-0.39, 0.29) is 0 Å². The summed E-state index contributed by atoms with van der Waals surface area (Å²) in [5.41, 5.74) is 0.847. The number of aliphatic hydroxyl groups excluding tert-OH is 1. The third kappa shape index (κ3) is 4.57. The number of rotatable bonds is 8. The van der Waals surface area contributed by atoms with E-state index in [0.29, 0.717) is 19.0 Å². The Kier molecular flexibility index (Phi) is 6.58. The lowest BCUT2D eigenvalue weighted by Crippen LogP contribution is -2.02. The van der Waals surface area contributed by atoms with Gasteiger partial charge in [-0.3, -0.25) is 0 Å². The molecule has 1 rings (SSSR count). The van der Waals surface area contributed by atoms with E-state index in [4.69, 9.17) is 9.47 Å². The first-order chi connectivity index (χ1) is 8.69. The largest absolute Gasteiger partial charge is 0.490 e. The average Bonchev–Trinajstić information content (AvgIpc) is 2.36. The standard InChI is InChI=1S/C15H24O3/c1-4-6-7-10-18-14-9-8-13(12(3)16)11-15(14)17-5-2/h8-9,11-12,16H,4-7,10H2,1-3H3. The molecule has 1 aromatic carbocycles. The monoisotopic (exact) mass is 252 g/mol. The van der Waals surface area contributed by atoms with Crippen LogP contribution in [-0.2, 0) is 0 Å². The molecule has 1 atom stereocenters. The fourth-order valence-corrected chi connectivity index (χ4v) is 1.71. The lowest BCUT2D eigenvalue weighted by atomic mass is 10.1. The van der Waals surface area contributed by atoms with Crippen LogP contribution in [0.25, 0.3) is 0 Å². The maximum atomic E-state index is 9.56. The Hall–Kier alpha value is -1.22. The highest BCUT2D eigenvalue weighted by molar-refractivity contribution is 5.43. The molecule has 0 aromatic heterocycles. The predicted octanol–water partition coefficient (Wildman–Crippen LogP) is 3.71. The molecule has 18 heavy (non-hydrogen) atoms. The van der Waals surface area contributed by atoms with Crippen molar-refractivity contribution in [3.63, 3.8) is 0 Å². The van der Waals surface area contributed by atoms with Gasteiger partial charge in [-0.05, 0) is 38.0 Å². The molecule has 0 amide bonds. The molecule has 3 heteroatoms. The van der Waals surface area contributed by atoms with Crippen molar-refractivity contribution in [2.24, 2.45) is 0 Å². The summed E-state index contributed by atoms with van der Waals surface area (Å²) in [5.74, 6) is 1.48. The van der Waals surface area contributed by atoms with E-state index >= 15 is 0 Å². The molecular formula is C15H24O3. The van der Waals surface area contributed by atoms with Crippen LogP contribution in [0.5, 0.6) is 11.5 Å². The number of aliphatic hydroxyl groups is 1. The molecule has 0 fully saturated rings. The maximum Gasteiger partial charge on any atom is 0.161 e. The molecule has 0 spiro atoms. The minimum atomic E-state index is -0.488. The van der Waals surface area contributed by atoms with E-state index in [9.17, 15) is 5.11 Å². The van der Waals surface area contributed by atoms with Gasteiger partial charge in [0.25, 0.3) is 0 Å². The Bertz CT molecular complexity index is 348. The van der Waals surface area contributed by atoms with Gasteiger partial charge in [-0.2, -0.15) is 0 Å². The summed E-state index contributed by atoms with van der Waals surface area (Å²) in [5, 5.41) is 9.56. The lowest BCUT2D eigenvalue weighted by Gasteiger charge is -2.14. The van der Waals surface area contributed by atoms with Crippen LogP contribution in [0.3, 0.4) is 0 Å². The first-order valence-corrected chi connectivity index (χ1v) is 6.76. The summed E-state index contributed by atoms with van der Waals surface area (Å²) in [4.78, 5) is 0. The van der Waals surface area contributed by atoms with Gasteiger partial charge in [-0.15, -0.1) is 0 Å². The van der Waals surface area contributed by atoms with Crippen LogP contribution in [0.1, 0.15) is 51.7 Å². The molecule has 0 aliphatic rings. The van der Waals surface area contributed by atoms with E-state index in [1.807, 2.05) is 25.1 Å². The quantitative estimate of drug-likeness (QED) is 0.717. The zero-order chi connectivity index (χ0) is 13.4. The Labute approximate surface area is 110 Å². The van der Waals surface area contributed by atoms with Crippen LogP contribution in [0, 0.1) is 0 Å². The van der Waals surface area contributed by atoms with Crippen LogP contribution in [0.4, 0.5) is 0 Å². The molecule has 1 N–H and O–H groups in total. The summed E-state index contributed by atoms with van der Waals surface area (Å²) >= 11 is 0. The number of unbranched alkanes of at least 4 members (excludes halogenated alkanes) is 2. The zero-order valence-corrected chi connectivity index (χ0v) is 11.6. The van der Waals surface area contributed by atoms with Crippen molar-refractivity contribution in [3.8, 4) is 11.5 Å². The van der Waals surface area contributed by atoms with E-state index < -0.39 is 6.10 Å². The van der Waals surface area contributed by atoms with Gasteiger partial charge in [0.1, 0.15) is 0 Å². The fraction of sp³-hybridized carbons (Fsp3) is 0.600. The Morgan fingerprint density at radius 2 is 1.89 bits per heavy atom. The summed E-state index contributed by atoms with van der Waals surface area (Å²) in [6.07, 6.45) is 2.93. The molecule has 0 radical (unpaired) electrons. The van der Waals surface area contributed by atoms with Crippen molar-refractivity contribution >= 4 is 0 Å². The van der Waals surface area contributed by atoms with Gasteiger partial charge < -0.3 is 14.6 Å². The molecule has 1 aromatic rings. The minimum Gasteiger partial charge on any atom is -0.490 e. The van der Waals surface area contributed by atoms with Gasteiger partial charge in [-0.1, -0.05) is 25.8 Å². The van der Waals surface area contributed by atoms with Crippen molar-refractivity contribution in [3.05, 3.63) is 23.8 Å². The first kappa shape index (κ1) is 14.8. The van der Waals surface area contributed by atoms with E-state index in [0.717, 1.165) is 17.7 Å².